The number of carbonyl (C=O) groups is 1. The Morgan fingerprint density at radius 2 is 1.88 bits per heavy atom. The van der Waals surface area contributed by atoms with Crippen molar-refractivity contribution in [3.8, 4) is 11.3 Å². The lowest BCUT2D eigenvalue weighted by Crippen LogP contribution is -2.26. The average molecular weight is 211 g/mol. The number of fused-ring (bicyclic) bond motifs is 3. The van der Waals surface area contributed by atoms with Gasteiger partial charge in [0.05, 0.1) is 5.69 Å². The van der Waals surface area contributed by atoms with Crippen molar-refractivity contribution in [2.75, 3.05) is 0 Å². The third-order valence-electron chi connectivity index (χ3n) is 2.98. The maximum absolute atomic E-state index is 11.2. The van der Waals surface area contributed by atoms with Crippen molar-refractivity contribution in [1.29, 1.82) is 0 Å². The molecule has 16 heavy (non-hydrogen) atoms. The molecule has 1 atom stereocenters. The number of aldehydes is 1. The van der Waals surface area contributed by atoms with Crippen LogP contribution in [0.3, 0.4) is 0 Å². The van der Waals surface area contributed by atoms with E-state index in [1.54, 1.807) is 30.5 Å². The van der Waals surface area contributed by atoms with Crippen LogP contribution >= 0.6 is 0 Å². The highest BCUT2D eigenvalue weighted by Gasteiger charge is 2.41. The van der Waals surface area contributed by atoms with Gasteiger partial charge in [0, 0.05) is 22.9 Å². The fourth-order valence-electron chi connectivity index (χ4n) is 2.22. The second-order valence-electron chi connectivity index (χ2n) is 3.83. The van der Waals surface area contributed by atoms with Gasteiger partial charge in [0.2, 0.25) is 0 Å². The lowest BCUT2D eigenvalue weighted by Gasteiger charge is -2.17. The van der Waals surface area contributed by atoms with Gasteiger partial charge in [-0.15, -0.1) is 0 Å². The van der Waals surface area contributed by atoms with E-state index < -0.39 is 5.60 Å². The lowest BCUT2D eigenvalue weighted by atomic mass is 9.94. The zero-order valence-electron chi connectivity index (χ0n) is 8.42. The SMILES string of the molecule is O=CC1(O)c2ccccc2-c2ncccc21. The molecule has 0 amide bonds. The molecule has 78 valence electrons. The number of hydrogen-bond donors (Lipinski definition) is 1. The summed E-state index contributed by atoms with van der Waals surface area (Å²) in [5.41, 5.74) is 1.14. The Balaban J connectivity index is 2.43. The predicted molar refractivity (Wildman–Crippen MR) is 58.7 cm³/mol. The second-order valence-corrected chi connectivity index (χ2v) is 3.83. The Morgan fingerprint density at radius 3 is 2.69 bits per heavy atom. The van der Waals surface area contributed by atoms with Crippen LogP contribution in [0.2, 0.25) is 0 Å². The summed E-state index contributed by atoms with van der Waals surface area (Å²) in [5.74, 6) is 0. The number of nitrogens with zero attached hydrogens (tertiary/aromatic N) is 1. The Hall–Kier alpha value is -2.00. The molecule has 0 fully saturated rings. The molecule has 1 aromatic carbocycles. The molecule has 3 nitrogen and oxygen atoms in total. The van der Waals surface area contributed by atoms with Gasteiger partial charge < -0.3 is 5.11 Å². The maximum atomic E-state index is 11.2. The number of aromatic nitrogens is 1. The average Bonchev–Trinajstić information content (AvgIpc) is 2.62. The van der Waals surface area contributed by atoms with E-state index in [1.165, 1.54) is 0 Å². The topological polar surface area (TPSA) is 50.2 Å². The summed E-state index contributed by atoms with van der Waals surface area (Å²) in [5, 5.41) is 10.4. The summed E-state index contributed by atoms with van der Waals surface area (Å²) in [6.07, 6.45) is 2.23. The van der Waals surface area contributed by atoms with Gasteiger partial charge in [-0.25, -0.2) is 0 Å². The Kier molecular flexibility index (Phi) is 1.73. The summed E-state index contributed by atoms with van der Waals surface area (Å²) >= 11 is 0. The van der Waals surface area contributed by atoms with E-state index >= 15 is 0 Å². The van der Waals surface area contributed by atoms with Crippen molar-refractivity contribution in [3.63, 3.8) is 0 Å². The summed E-state index contributed by atoms with van der Waals surface area (Å²) in [6, 6.07) is 10.7. The number of hydrogen-bond acceptors (Lipinski definition) is 3. The van der Waals surface area contributed by atoms with E-state index in [0.717, 1.165) is 5.56 Å². The van der Waals surface area contributed by atoms with Crippen molar-refractivity contribution in [2.24, 2.45) is 0 Å². The van der Waals surface area contributed by atoms with Crippen LogP contribution in [-0.2, 0) is 10.4 Å². The quantitative estimate of drug-likeness (QED) is 0.727. The summed E-state index contributed by atoms with van der Waals surface area (Å²) in [4.78, 5) is 15.4. The van der Waals surface area contributed by atoms with E-state index in [0.29, 0.717) is 23.1 Å². The number of benzene rings is 1. The van der Waals surface area contributed by atoms with Gasteiger partial charge in [0.25, 0.3) is 0 Å². The van der Waals surface area contributed by atoms with Crippen LogP contribution < -0.4 is 0 Å². The maximum Gasteiger partial charge on any atom is 0.173 e. The monoisotopic (exact) mass is 211 g/mol. The number of rotatable bonds is 1. The molecule has 0 spiro atoms. The molecule has 1 N–H and O–H groups in total. The Labute approximate surface area is 92.4 Å². The fraction of sp³-hybridized carbons (Fsp3) is 0.0769. The molecule has 0 aliphatic heterocycles. The van der Waals surface area contributed by atoms with Crippen molar-refractivity contribution >= 4 is 6.29 Å². The molecule has 3 heteroatoms. The summed E-state index contributed by atoms with van der Waals surface area (Å²) in [6.45, 7) is 0. The van der Waals surface area contributed by atoms with Crippen LogP contribution in [-0.4, -0.2) is 16.4 Å². The smallest absolute Gasteiger partial charge is 0.173 e. The molecule has 1 heterocycles. The van der Waals surface area contributed by atoms with Gasteiger partial charge in [-0.05, 0) is 6.07 Å². The Morgan fingerprint density at radius 1 is 1.12 bits per heavy atom. The van der Waals surface area contributed by atoms with E-state index in [4.69, 9.17) is 0 Å². The molecule has 1 aromatic heterocycles. The minimum atomic E-state index is -1.54. The van der Waals surface area contributed by atoms with E-state index in [1.807, 2.05) is 12.1 Å². The summed E-state index contributed by atoms with van der Waals surface area (Å²) < 4.78 is 0. The van der Waals surface area contributed by atoms with Gasteiger partial charge in [0.1, 0.15) is 0 Å². The van der Waals surface area contributed by atoms with Crippen LogP contribution in [0, 0.1) is 0 Å². The van der Waals surface area contributed by atoms with Gasteiger partial charge in [-0.3, -0.25) is 9.78 Å². The predicted octanol–water partition coefficient (Wildman–Crippen LogP) is 1.50. The molecule has 2 aromatic rings. The highest BCUT2D eigenvalue weighted by Crippen LogP contribution is 2.44. The molecular weight excluding hydrogens is 202 g/mol. The van der Waals surface area contributed by atoms with Gasteiger partial charge in [-0.1, -0.05) is 30.3 Å². The number of pyridine rings is 1. The van der Waals surface area contributed by atoms with Crippen LogP contribution in [0.1, 0.15) is 11.1 Å². The molecule has 1 aliphatic carbocycles. The van der Waals surface area contributed by atoms with Crippen LogP contribution in [0.5, 0.6) is 0 Å². The molecule has 1 unspecified atom stereocenters. The lowest BCUT2D eigenvalue weighted by molar-refractivity contribution is -0.120. The minimum absolute atomic E-state index is 0.561. The van der Waals surface area contributed by atoms with Gasteiger partial charge in [-0.2, -0.15) is 0 Å². The van der Waals surface area contributed by atoms with Crippen LogP contribution in [0.4, 0.5) is 0 Å². The summed E-state index contributed by atoms with van der Waals surface area (Å²) in [7, 11) is 0. The molecule has 0 radical (unpaired) electrons. The first kappa shape index (κ1) is 9.24. The molecule has 1 aliphatic rings. The normalized spacial score (nSPS) is 21.3. The van der Waals surface area contributed by atoms with E-state index in [-0.39, 0.29) is 0 Å². The van der Waals surface area contributed by atoms with Crippen LogP contribution in [0.15, 0.2) is 42.6 Å². The van der Waals surface area contributed by atoms with Crippen molar-refractivity contribution in [3.05, 3.63) is 53.7 Å². The largest absolute Gasteiger partial charge is 0.373 e. The molecule has 3 rings (SSSR count). The van der Waals surface area contributed by atoms with Crippen molar-refractivity contribution in [2.45, 2.75) is 5.60 Å². The Bertz CT molecular complexity index is 532. The first-order chi connectivity index (χ1) is 7.77. The van der Waals surface area contributed by atoms with Gasteiger partial charge >= 0.3 is 0 Å². The zero-order chi connectivity index (χ0) is 11.2. The van der Waals surface area contributed by atoms with Crippen LogP contribution in [0.25, 0.3) is 11.3 Å². The van der Waals surface area contributed by atoms with Crippen molar-refractivity contribution in [1.82, 2.24) is 4.98 Å². The third kappa shape index (κ3) is 0.955. The molecule has 0 saturated heterocycles. The second kappa shape index (κ2) is 3.00. The molecule has 0 saturated carbocycles. The zero-order valence-corrected chi connectivity index (χ0v) is 8.42. The number of carbonyl (C=O) groups excluding carboxylic acids is 1. The minimum Gasteiger partial charge on any atom is -0.373 e. The molecular formula is C13H9NO2. The van der Waals surface area contributed by atoms with Crippen molar-refractivity contribution < 1.29 is 9.90 Å². The first-order valence-corrected chi connectivity index (χ1v) is 5.01. The highest BCUT2D eigenvalue weighted by atomic mass is 16.3. The van der Waals surface area contributed by atoms with E-state index in [2.05, 4.69) is 4.98 Å². The van der Waals surface area contributed by atoms with E-state index in [9.17, 15) is 9.90 Å². The van der Waals surface area contributed by atoms with Gasteiger partial charge in [0.15, 0.2) is 11.9 Å². The first-order valence-electron chi connectivity index (χ1n) is 5.01. The fourth-order valence-corrected chi connectivity index (χ4v) is 2.22. The number of aliphatic hydroxyl groups is 1. The third-order valence-corrected chi connectivity index (χ3v) is 2.98. The standard InChI is InChI=1S/C13H9NO2/c15-8-13(16)10-5-2-1-4-9(10)12-11(13)6-3-7-14-12/h1-8,16H. The molecule has 0 bridgehead atoms. The highest BCUT2D eigenvalue weighted by molar-refractivity contribution is 5.88.